The molecule has 0 rings (SSSR count). The molecule has 4 nitrogen and oxygen atoms in total. The fourth-order valence-electron chi connectivity index (χ4n) is 0.327. The van der Waals surface area contributed by atoms with Crippen LogP contribution in [0.2, 0.25) is 0 Å². The minimum atomic E-state index is -0.942. The maximum absolute atomic E-state index is 10.4. The highest BCUT2D eigenvalue weighted by Crippen LogP contribution is 1.80. The molecule has 0 aliphatic rings. The van der Waals surface area contributed by atoms with Gasteiger partial charge in [-0.05, 0) is 12.8 Å². The third kappa shape index (κ3) is 2.79. The van der Waals surface area contributed by atoms with Gasteiger partial charge in [0.05, 0.1) is 12.7 Å². The van der Waals surface area contributed by atoms with E-state index in [-0.39, 0.29) is 6.61 Å². The van der Waals surface area contributed by atoms with Crippen molar-refractivity contribution >= 4 is 17.6 Å². The van der Waals surface area contributed by atoms with Crippen LogP contribution in [-0.4, -0.2) is 24.2 Å². The van der Waals surface area contributed by atoms with E-state index in [2.05, 4.69) is 4.74 Å². The zero-order valence-electron chi connectivity index (χ0n) is 5.51. The van der Waals surface area contributed by atoms with Gasteiger partial charge >= 0.3 is 5.97 Å². The van der Waals surface area contributed by atoms with Gasteiger partial charge in [0.2, 0.25) is 0 Å². The Bertz CT molecular complexity index is 191. The summed E-state index contributed by atoms with van der Waals surface area (Å²) in [6.07, 6.45) is 0.720. The van der Waals surface area contributed by atoms with Crippen LogP contribution in [0.15, 0.2) is 6.08 Å². The average molecular weight is 141 g/mol. The van der Waals surface area contributed by atoms with E-state index in [1.54, 1.807) is 12.8 Å². The highest BCUT2D eigenvalue weighted by Gasteiger charge is 2.09. The van der Waals surface area contributed by atoms with Crippen molar-refractivity contribution in [3.8, 4) is 0 Å². The zero-order valence-corrected chi connectivity index (χ0v) is 5.51. The summed E-state index contributed by atoms with van der Waals surface area (Å²) in [5, 5.41) is 6.32. The van der Waals surface area contributed by atoms with Crippen LogP contribution in [0, 0.1) is 5.41 Å². The predicted octanol–water partition coefficient (Wildman–Crippen LogP) is -0.0767. The average Bonchev–Trinajstić information content (AvgIpc) is 1.89. The molecule has 0 aliphatic heterocycles. The summed E-state index contributed by atoms with van der Waals surface area (Å²) in [5.41, 5.74) is 0. The van der Waals surface area contributed by atoms with Crippen LogP contribution in [-0.2, 0) is 14.3 Å². The third-order valence-electron chi connectivity index (χ3n) is 0.680. The van der Waals surface area contributed by atoms with E-state index in [4.69, 9.17) is 5.41 Å². The SMILES string of the molecule is CCOC(=O)C(=O)C=C=N. The fourth-order valence-corrected chi connectivity index (χ4v) is 0.327. The Morgan fingerprint density at radius 3 is 2.70 bits per heavy atom. The summed E-state index contributed by atoms with van der Waals surface area (Å²) < 4.78 is 4.31. The highest BCUT2D eigenvalue weighted by atomic mass is 16.5. The molecule has 0 aromatic heterocycles. The molecule has 0 spiro atoms. The molecular formula is C6H7NO3. The molecule has 0 fully saturated rings. The van der Waals surface area contributed by atoms with Crippen molar-refractivity contribution in [2.75, 3.05) is 6.61 Å². The first kappa shape index (κ1) is 8.59. The second-order valence-corrected chi connectivity index (χ2v) is 1.37. The number of esters is 1. The number of ketones is 1. The lowest BCUT2D eigenvalue weighted by atomic mass is 10.4. The Hall–Kier alpha value is -1.41. The number of carbonyl (C=O) groups is 2. The number of nitrogens with one attached hydrogen (secondary N) is 1. The first-order valence-electron chi connectivity index (χ1n) is 2.69. The van der Waals surface area contributed by atoms with Crippen LogP contribution >= 0.6 is 0 Å². The fraction of sp³-hybridized carbons (Fsp3) is 0.333. The van der Waals surface area contributed by atoms with Crippen LogP contribution in [0.1, 0.15) is 6.92 Å². The minimum absolute atomic E-state index is 0.163. The van der Waals surface area contributed by atoms with E-state index in [0.29, 0.717) is 0 Å². The van der Waals surface area contributed by atoms with Gasteiger partial charge in [0.1, 0.15) is 0 Å². The smallest absolute Gasteiger partial charge is 0.379 e. The van der Waals surface area contributed by atoms with Gasteiger partial charge < -0.3 is 4.74 Å². The molecule has 0 aromatic carbocycles. The van der Waals surface area contributed by atoms with Crippen LogP contribution in [0.5, 0.6) is 0 Å². The van der Waals surface area contributed by atoms with Crippen molar-refractivity contribution in [3.05, 3.63) is 6.08 Å². The Kier molecular flexibility index (Phi) is 3.84. The molecule has 0 aliphatic carbocycles. The highest BCUT2D eigenvalue weighted by molar-refractivity contribution is 6.39. The molecule has 10 heavy (non-hydrogen) atoms. The molecule has 0 amide bonds. The summed E-state index contributed by atoms with van der Waals surface area (Å²) in [6, 6.07) is 0. The van der Waals surface area contributed by atoms with Gasteiger partial charge in [-0.15, -0.1) is 0 Å². The van der Waals surface area contributed by atoms with Crippen molar-refractivity contribution in [3.63, 3.8) is 0 Å². The Morgan fingerprint density at radius 1 is 1.70 bits per heavy atom. The molecule has 0 saturated heterocycles. The molecule has 4 heteroatoms. The maximum Gasteiger partial charge on any atom is 0.379 e. The zero-order chi connectivity index (χ0) is 7.98. The Balaban J connectivity index is 3.95. The van der Waals surface area contributed by atoms with E-state index in [9.17, 15) is 9.59 Å². The normalized spacial score (nSPS) is 7.70. The van der Waals surface area contributed by atoms with Crippen LogP contribution in [0.25, 0.3) is 0 Å². The number of hydrogen-bond donors (Lipinski definition) is 1. The van der Waals surface area contributed by atoms with Gasteiger partial charge in [-0.2, -0.15) is 0 Å². The van der Waals surface area contributed by atoms with Crippen molar-refractivity contribution in [2.24, 2.45) is 0 Å². The lowest BCUT2D eigenvalue weighted by Crippen LogP contribution is -2.14. The van der Waals surface area contributed by atoms with Gasteiger partial charge in [-0.25, -0.2) is 4.79 Å². The third-order valence-corrected chi connectivity index (χ3v) is 0.680. The first-order valence-corrected chi connectivity index (χ1v) is 2.69. The molecule has 0 heterocycles. The molecule has 1 N–H and O–H groups in total. The Labute approximate surface area is 58.0 Å². The summed E-state index contributed by atoms with van der Waals surface area (Å²) in [6.45, 7) is 1.76. The van der Waals surface area contributed by atoms with Crippen molar-refractivity contribution in [1.29, 1.82) is 5.41 Å². The topological polar surface area (TPSA) is 67.2 Å². The second-order valence-electron chi connectivity index (χ2n) is 1.37. The van der Waals surface area contributed by atoms with E-state index in [0.717, 1.165) is 6.08 Å². The standard InChI is InChI=1S/C6H7NO3/c1-2-10-6(9)5(8)3-4-7/h3,7H,2H2,1H3. The van der Waals surface area contributed by atoms with E-state index in [1.807, 2.05) is 0 Å². The summed E-state index contributed by atoms with van der Waals surface area (Å²) in [4.78, 5) is 20.8. The van der Waals surface area contributed by atoms with Crippen LogP contribution in [0.3, 0.4) is 0 Å². The van der Waals surface area contributed by atoms with Crippen molar-refractivity contribution in [1.82, 2.24) is 0 Å². The molecule has 0 bridgehead atoms. The van der Waals surface area contributed by atoms with Gasteiger partial charge in [0.25, 0.3) is 5.78 Å². The van der Waals surface area contributed by atoms with Gasteiger partial charge in [0, 0.05) is 0 Å². The monoisotopic (exact) mass is 141 g/mol. The van der Waals surface area contributed by atoms with Gasteiger partial charge in [-0.1, -0.05) is 0 Å². The lowest BCUT2D eigenvalue weighted by molar-refractivity contribution is -0.151. The molecular weight excluding hydrogens is 134 g/mol. The quantitative estimate of drug-likeness (QED) is 0.259. The van der Waals surface area contributed by atoms with Gasteiger partial charge in [0.15, 0.2) is 0 Å². The second kappa shape index (κ2) is 4.47. The van der Waals surface area contributed by atoms with Gasteiger partial charge in [-0.3, -0.25) is 10.2 Å². The van der Waals surface area contributed by atoms with Crippen molar-refractivity contribution in [2.45, 2.75) is 6.92 Å². The lowest BCUT2D eigenvalue weighted by Gasteiger charge is -1.93. The van der Waals surface area contributed by atoms with E-state index >= 15 is 0 Å². The van der Waals surface area contributed by atoms with Crippen LogP contribution in [0.4, 0.5) is 0 Å². The molecule has 0 saturated carbocycles. The largest absolute Gasteiger partial charge is 0.460 e. The van der Waals surface area contributed by atoms with Crippen LogP contribution < -0.4 is 0 Å². The van der Waals surface area contributed by atoms with E-state index < -0.39 is 11.8 Å². The molecule has 0 atom stereocenters. The predicted molar refractivity (Wildman–Crippen MR) is 33.9 cm³/mol. The number of rotatable bonds is 3. The minimum Gasteiger partial charge on any atom is -0.460 e. The molecule has 0 aromatic rings. The maximum atomic E-state index is 10.4. The number of carbonyl (C=O) groups excluding carboxylic acids is 2. The summed E-state index contributed by atoms with van der Waals surface area (Å²) in [5.74, 6) is -0.111. The Morgan fingerprint density at radius 2 is 2.30 bits per heavy atom. The van der Waals surface area contributed by atoms with E-state index in [1.165, 1.54) is 0 Å². The summed E-state index contributed by atoms with van der Waals surface area (Å²) >= 11 is 0. The summed E-state index contributed by atoms with van der Waals surface area (Å²) in [7, 11) is 0. The molecule has 0 unspecified atom stereocenters. The molecule has 54 valence electrons. The first-order chi connectivity index (χ1) is 4.72. The number of ether oxygens (including phenoxy) is 1. The van der Waals surface area contributed by atoms with Crippen molar-refractivity contribution < 1.29 is 14.3 Å². The molecule has 0 radical (unpaired) electrons. The number of hydrogen-bond acceptors (Lipinski definition) is 4.